The Bertz CT molecular complexity index is 1040. The molecule has 0 amide bonds. The van der Waals surface area contributed by atoms with E-state index in [2.05, 4.69) is 13.0 Å². The fourth-order valence-corrected chi connectivity index (χ4v) is 3.11. The molecule has 0 saturated heterocycles. The Hall–Kier alpha value is -3.66. The monoisotopic (exact) mass is 430 g/mol. The minimum atomic E-state index is 0.492. The van der Waals surface area contributed by atoms with E-state index >= 15 is 0 Å². The number of hydrogen-bond acceptors (Lipinski definition) is 4. The highest BCUT2D eigenvalue weighted by Gasteiger charge is 2.06. The van der Waals surface area contributed by atoms with Crippen LogP contribution in [0.1, 0.15) is 30.0 Å². The predicted molar refractivity (Wildman–Crippen MR) is 131 cm³/mol. The Morgan fingerprint density at radius 1 is 0.688 bits per heavy atom. The molecule has 3 aromatic rings. The maximum Gasteiger partial charge on any atom is 0.161 e. The summed E-state index contributed by atoms with van der Waals surface area (Å²) < 4.78 is 22.7. The lowest BCUT2D eigenvalue weighted by atomic mass is 10.1. The zero-order valence-corrected chi connectivity index (χ0v) is 18.9. The van der Waals surface area contributed by atoms with E-state index in [4.69, 9.17) is 18.9 Å². The van der Waals surface area contributed by atoms with Gasteiger partial charge in [0.05, 0.1) is 14.2 Å². The first-order valence-corrected chi connectivity index (χ1v) is 10.7. The molecule has 0 fully saturated rings. The van der Waals surface area contributed by atoms with Crippen LogP contribution < -0.4 is 18.9 Å². The fraction of sp³-hybridized carbons (Fsp3) is 0.214. The van der Waals surface area contributed by atoms with E-state index in [9.17, 15) is 0 Å². The predicted octanol–water partition coefficient (Wildman–Crippen LogP) is 6.80. The van der Waals surface area contributed by atoms with E-state index in [0.29, 0.717) is 24.7 Å². The maximum absolute atomic E-state index is 5.95. The Kier molecular flexibility index (Phi) is 8.81. The van der Waals surface area contributed by atoms with Crippen molar-refractivity contribution in [3.63, 3.8) is 0 Å². The Morgan fingerprint density at radius 2 is 1.47 bits per heavy atom. The number of allylic oxidation sites excluding steroid dienone is 1. The van der Waals surface area contributed by atoms with Crippen molar-refractivity contribution in [2.45, 2.75) is 20.0 Å². The molecule has 32 heavy (non-hydrogen) atoms. The van der Waals surface area contributed by atoms with Crippen LogP contribution in [0.3, 0.4) is 0 Å². The molecule has 0 aliphatic rings. The zero-order valence-electron chi connectivity index (χ0n) is 18.9. The topological polar surface area (TPSA) is 36.9 Å². The van der Waals surface area contributed by atoms with Crippen molar-refractivity contribution >= 4 is 12.2 Å². The second-order valence-electron chi connectivity index (χ2n) is 7.15. The standard InChI is InChI=1S/C28H30O4/c1-4-5-9-16-31-26-18-24(17-25(20-26)29-2)13-12-22-14-15-27(28(19-22)30-3)32-21-23-10-7-6-8-11-23/h5-15,17-20H,4,16,21H2,1-3H3/b9-5+,13-12+. The number of methoxy groups -OCH3 is 2. The van der Waals surface area contributed by atoms with Crippen molar-refractivity contribution in [2.24, 2.45) is 0 Å². The molecule has 0 aliphatic carbocycles. The summed E-state index contributed by atoms with van der Waals surface area (Å²) in [6, 6.07) is 21.8. The van der Waals surface area contributed by atoms with Crippen LogP contribution in [-0.4, -0.2) is 20.8 Å². The minimum Gasteiger partial charge on any atom is -0.497 e. The van der Waals surface area contributed by atoms with Crippen molar-refractivity contribution in [3.8, 4) is 23.0 Å². The molecule has 4 nitrogen and oxygen atoms in total. The van der Waals surface area contributed by atoms with Crippen molar-refractivity contribution in [1.29, 1.82) is 0 Å². The molecule has 0 heterocycles. The molecule has 0 radical (unpaired) electrons. The van der Waals surface area contributed by atoms with E-state index in [0.717, 1.165) is 34.6 Å². The maximum atomic E-state index is 5.95. The third-order valence-electron chi connectivity index (χ3n) is 4.78. The lowest BCUT2D eigenvalue weighted by Crippen LogP contribution is -1.97. The van der Waals surface area contributed by atoms with Gasteiger partial charge in [0.15, 0.2) is 11.5 Å². The largest absolute Gasteiger partial charge is 0.497 e. The van der Waals surface area contributed by atoms with Crippen LogP contribution in [0.25, 0.3) is 12.2 Å². The van der Waals surface area contributed by atoms with Crippen LogP contribution >= 0.6 is 0 Å². The van der Waals surface area contributed by atoms with Gasteiger partial charge in [0, 0.05) is 6.07 Å². The van der Waals surface area contributed by atoms with E-state index < -0.39 is 0 Å². The SMILES string of the molecule is CC/C=C/COc1cc(/C=C/c2ccc(OCc3ccccc3)c(OC)c2)cc(OC)c1. The van der Waals surface area contributed by atoms with Gasteiger partial charge in [-0.3, -0.25) is 0 Å². The van der Waals surface area contributed by atoms with Gasteiger partial charge < -0.3 is 18.9 Å². The molecular formula is C28H30O4. The van der Waals surface area contributed by atoms with Gasteiger partial charge in [-0.1, -0.05) is 67.6 Å². The number of benzene rings is 3. The minimum absolute atomic E-state index is 0.492. The van der Waals surface area contributed by atoms with Gasteiger partial charge in [0.25, 0.3) is 0 Å². The highest BCUT2D eigenvalue weighted by atomic mass is 16.5. The second-order valence-corrected chi connectivity index (χ2v) is 7.15. The number of rotatable bonds is 11. The van der Waals surface area contributed by atoms with Crippen molar-refractivity contribution in [2.75, 3.05) is 20.8 Å². The molecule has 0 bridgehead atoms. The van der Waals surface area contributed by atoms with Gasteiger partial charge in [0.1, 0.15) is 24.7 Å². The van der Waals surface area contributed by atoms with Gasteiger partial charge in [-0.15, -0.1) is 0 Å². The summed E-state index contributed by atoms with van der Waals surface area (Å²) in [6.45, 7) is 3.13. The molecule has 0 saturated carbocycles. The first-order valence-electron chi connectivity index (χ1n) is 10.7. The Balaban J connectivity index is 1.71. The molecule has 0 unspecified atom stereocenters. The van der Waals surface area contributed by atoms with E-state index in [1.54, 1.807) is 14.2 Å². The summed E-state index contributed by atoms with van der Waals surface area (Å²) in [5, 5.41) is 0. The van der Waals surface area contributed by atoms with Crippen molar-refractivity contribution in [1.82, 2.24) is 0 Å². The van der Waals surface area contributed by atoms with Crippen LogP contribution in [0.2, 0.25) is 0 Å². The lowest BCUT2D eigenvalue weighted by Gasteiger charge is -2.11. The summed E-state index contributed by atoms with van der Waals surface area (Å²) in [6.07, 6.45) is 9.15. The molecular weight excluding hydrogens is 400 g/mol. The van der Waals surface area contributed by atoms with Crippen LogP contribution in [0.4, 0.5) is 0 Å². The molecule has 0 aliphatic heterocycles. The second kappa shape index (κ2) is 12.3. The molecule has 0 atom stereocenters. The van der Waals surface area contributed by atoms with Crippen LogP contribution in [0, 0.1) is 0 Å². The molecule has 3 rings (SSSR count). The smallest absolute Gasteiger partial charge is 0.161 e. The average molecular weight is 431 g/mol. The number of ether oxygens (including phenoxy) is 4. The van der Waals surface area contributed by atoms with Gasteiger partial charge in [-0.25, -0.2) is 0 Å². The summed E-state index contributed by atoms with van der Waals surface area (Å²) >= 11 is 0. The normalized spacial score (nSPS) is 11.1. The lowest BCUT2D eigenvalue weighted by molar-refractivity contribution is 0.284. The number of hydrogen-bond donors (Lipinski definition) is 0. The van der Waals surface area contributed by atoms with Gasteiger partial charge in [0.2, 0.25) is 0 Å². The van der Waals surface area contributed by atoms with Crippen LogP contribution in [-0.2, 0) is 6.61 Å². The highest BCUT2D eigenvalue weighted by Crippen LogP contribution is 2.30. The summed E-state index contributed by atoms with van der Waals surface area (Å²) in [5.41, 5.74) is 3.10. The first-order chi connectivity index (χ1) is 15.7. The fourth-order valence-electron chi connectivity index (χ4n) is 3.11. The molecule has 0 N–H and O–H groups in total. The highest BCUT2D eigenvalue weighted by molar-refractivity contribution is 5.72. The molecule has 3 aromatic carbocycles. The summed E-state index contributed by atoms with van der Waals surface area (Å²) in [4.78, 5) is 0. The molecule has 0 spiro atoms. The van der Waals surface area contributed by atoms with Crippen molar-refractivity contribution < 1.29 is 18.9 Å². The first kappa shape index (κ1) is 23.0. The van der Waals surface area contributed by atoms with E-state index in [1.807, 2.05) is 85.0 Å². The Labute approximate surface area is 190 Å². The summed E-state index contributed by atoms with van der Waals surface area (Å²) in [7, 11) is 3.31. The molecule has 4 heteroatoms. The molecule has 0 aromatic heterocycles. The molecule has 166 valence electrons. The third-order valence-corrected chi connectivity index (χ3v) is 4.78. The van der Waals surface area contributed by atoms with Crippen LogP contribution in [0.5, 0.6) is 23.0 Å². The van der Waals surface area contributed by atoms with E-state index in [1.165, 1.54) is 0 Å². The van der Waals surface area contributed by atoms with Gasteiger partial charge in [-0.2, -0.15) is 0 Å². The Morgan fingerprint density at radius 3 is 2.22 bits per heavy atom. The van der Waals surface area contributed by atoms with Gasteiger partial charge >= 0.3 is 0 Å². The average Bonchev–Trinajstić information content (AvgIpc) is 2.84. The zero-order chi connectivity index (χ0) is 22.6. The van der Waals surface area contributed by atoms with Gasteiger partial charge in [-0.05, 0) is 47.4 Å². The van der Waals surface area contributed by atoms with E-state index in [-0.39, 0.29) is 0 Å². The quantitative estimate of drug-likeness (QED) is 0.248. The third kappa shape index (κ3) is 6.95. The van der Waals surface area contributed by atoms with Crippen LogP contribution in [0.15, 0.2) is 78.9 Å². The van der Waals surface area contributed by atoms with Crippen molar-refractivity contribution in [3.05, 3.63) is 95.6 Å². The summed E-state index contributed by atoms with van der Waals surface area (Å²) in [5.74, 6) is 2.93.